The second-order valence-electron chi connectivity index (χ2n) is 4.06. The average Bonchev–Trinajstić information content (AvgIpc) is 2.65. The van der Waals surface area contributed by atoms with Crippen LogP contribution in [0.5, 0.6) is 11.8 Å². The van der Waals surface area contributed by atoms with Crippen molar-refractivity contribution < 1.29 is 50.8 Å². The number of amides is 1. The summed E-state index contributed by atoms with van der Waals surface area (Å²) in [4.78, 5) is 25.2. The third kappa shape index (κ3) is 4.26. The molecule has 0 unspecified atom stereocenters. The number of halogens is 3. The Hall–Kier alpha value is -2.48. The molecule has 1 heterocycles. The zero-order chi connectivity index (χ0) is 18.2. The van der Waals surface area contributed by atoms with E-state index in [-0.39, 0.29) is 4.73 Å². The van der Waals surface area contributed by atoms with Crippen LogP contribution >= 0.6 is 0 Å². The Morgan fingerprint density at radius 1 is 1.35 bits per heavy atom. The maximum absolute atomic E-state index is 12.0. The quantitative estimate of drug-likeness (QED) is 0.506. The lowest BCUT2D eigenvalue weighted by Crippen LogP contribution is -2.47. The highest BCUT2D eigenvalue weighted by molar-refractivity contribution is 7.86. The van der Waals surface area contributed by atoms with E-state index in [1.807, 2.05) is 0 Å². The summed E-state index contributed by atoms with van der Waals surface area (Å²) < 4.78 is 66.3. The van der Waals surface area contributed by atoms with Gasteiger partial charge >= 0.3 is 18.1 Å². The fourth-order valence-electron chi connectivity index (χ4n) is 1.24. The van der Waals surface area contributed by atoms with Crippen LogP contribution in [0.3, 0.4) is 0 Å². The zero-order valence-corrected chi connectivity index (χ0v) is 11.8. The maximum atomic E-state index is 12.0. The molecule has 1 aromatic rings. The summed E-state index contributed by atoms with van der Waals surface area (Å²) in [6, 6.07) is -1.55. The SMILES string of the molecule is C[C@H](NC(=O)C(F)(F)F)C(=O)On1c(O)cc(S(=O)(=O)O)c1O. The number of nitrogens with zero attached hydrogens (tertiary/aromatic N) is 1. The molecule has 130 valence electrons. The van der Waals surface area contributed by atoms with Crippen molar-refractivity contribution in [2.24, 2.45) is 0 Å². The first-order chi connectivity index (χ1) is 10.2. The summed E-state index contributed by atoms with van der Waals surface area (Å²) in [6.45, 7) is 0.799. The van der Waals surface area contributed by atoms with Crippen molar-refractivity contribution in [1.29, 1.82) is 0 Å². The summed E-state index contributed by atoms with van der Waals surface area (Å²) in [6.07, 6.45) is -5.26. The Labute approximate surface area is 125 Å². The van der Waals surface area contributed by atoms with E-state index in [0.29, 0.717) is 6.07 Å². The smallest absolute Gasteiger partial charge is 0.471 e. The summed E-state index contributed by atoms with van der Waals surface area (Å²) in [7, 11) is -4.97. The highest BCUT2D eigenvalue weighted by atomic mass is 32.2. The fourth-order valence-corrected chi connectivity index (χ4v) is 1.80. The third-order valence-corrected chi connectivity index (χ3v) is 3.16. The van der Waals surface area contributed by atoms with Crippen molar-refractivity contribution in [3.63, 3.8) is 0 Å². The van der Waals surface area contributed by atoms with E-state index in [4.69, 9.17) is 4.55 Å². The lowest BCUT2D eigenvalue weighted by Gasteiger charge is -2.14. The molecule has 1 atom stereocenters. The topological polar surface area (TPSA) is 155 Å². The van der Waals surface area contributed by atoms with Crippen LogP contribution in [0.1, 0.15) is 6.92 Å². The number of aromatic hydroxyl groups is 2. The Balaban J connectivity index is 2.95. The Kier molecular flexibility index (Phi) is 4.81. The summed E-state index contributed by atoms with van der Waals surface area (Å²) in [5, 5.41) is 19.9. The molecule has 1 amide bonds. The second kappa shape index (κ2) is 5.96. The molecule has 4 N–H and O–H groups in total. The van der Waals surface area contributed by atoms with Gasteiger partial charge in [-0.05, 0) is 6.92 Å². The van der Waals surface area contributed by atoms with Crippen molar-refractivity contribution in [1.82, 2.24) is 10.0 Å². The third-order valence-electron chi connectivity index (χ3n) is 2.30. The van der Waals surface area contributed by atoms with Crippen molar-refractivity contribution in [2.45, 2.75) is 24.0 Å². The molecule has 0 saturated heterocycles. The monoisotopic (exact) mass is 362 g/mol. The van der Waals surface area contributed by atoms with Crippen LogP contribution in [0.25, 0.3) is 0 Å². The molecule has 1 aromatic heterocycles. The van der Waals surface area contributed by atoms with E-state index in [1.165, 1.54) is 5.32 Å². The molecule has 0 radical (unpaired) electrons. The molecule has 0 fully saturated rings. The molecule has 0 aliphatic heterocycles. The van der Waals surface area contributed by atoms with Gasteiger partial charge < -0.3 is 20.4 Å². The van der Waals surface area contributed by atoms with Gasteiger partial charge in [-0.2, -0.15) is 21.6 Å². The highest BCUT2D eigenvalue weighted by Crippen LogP contribution is 2.29. The van der Waals surface area contributed by atoms with Gasteiger partial charge in [0.25, 0.3) is 16.0 Å². The lowest BCUT2D eigenvalue weighted by molar-refractivity contribution is -0.175. The van der Waals surface area contributed by atoms with Gasteiger partial charge in [0.05, 0.1) is 0 Å². The first-order valence-corrected chi connectivity index (χ1v) is 6.90. The van der Waals surface area contributed by atoms with E-state index >= 15 is 0 Å². The normalized spacial score (nSPS) is 13.4. The van der Waals surface area contributed by atoms with Crippen LogP contribution in [-0.2, 0) is 19.7 Å². The largest absolute Gasteiger partial charge is 0.492 e. The van der Waals surface area contributed by atoms with E-state index in [0.717, 1.165) is 6.92 Å². The molecule has 0 spiro atoms. The van der Waals surface area contributed by atoms with E-state index in [9.17, 15) is 41.4 Å². The Bertz CT molecular complexity index is 739. The molecule has 0 bridgehead atoms. The van der Waals surface area contributed by atoms with Crippen LogP contribution in [0.2, 0.25) is 0 Å². The van der Waals surface area contributed by atoms with E-state index in [2.05, 4.69) is 4.84 Å². The molecule has 0 saturated carbocycles. The van der Waals surface area contributed by atoms with Crippen LogP contribution in [0.15, 0.2) is 11.0 Å². The average molecular weight is 362 g/mol. The van der Waals surface area contributed by atoms with Gasteiger partial charge in [0.1, 0.15) is 6.04 Å². The Morgan fingerprint density at radius 2 is 1.87 bits per heavy atom. The Morgan fingerprint density at radius 3 is 2.26 bits per heavy atom. The molecule has 0 aromatic carbocycles. The number of carbonyl (C=O) groups is 2. The van der Waals surface area contributed by atoms with Crippen LogP contribution < -0.4 is 10.2 Å². The number of rotatable bonds is 4. The maximum Gasteiger partial charge on any atom is 0.471 e. The lowest BCUT2D eigenvalue weighted by atomic mass is 10.3. The minimum atomic E-state index is -5.26. The van der Waals surface area contributed by atoms with Gasteiger partial charge in [-0.25, -0.2) is 4.79 Å². The van der Waals surface area contributed by atoms with Gasteiger partial charge in [0.2, 0.25) is 5.88 Å². The molecule has 1 rings (SSSR count). The van der Waals surface area contributed by atoms with Crippen molar-refractivity contribution in [3.8, 4) is 11.8 Å². The number of alkyl halides is 3. The first kappa shape index (κ1) is 18.6. The molecule has 0 aliphatic rings. The predicted molar refractivity (Wildman–Crippen MR) is 62.8 cm³/mol. The number of hydrogen-bond acceptors (Lipinski definition) is 7. The number of hydrogen-bond donors (Lipinski definition) is 4. The molecular weight excluding hydrogens is 353 g/mol. The number of aromatic nitrogens is 1. The predicted octanol–water partition coefficient (Wildman–Crippen LogP) is -0.832. The zero-order valence-electron chi connectivity index (χ0n) is 11.0. The van der Waals surface area contributed by atoms with Crippen molar-refractivity contribution in [3.05, 3.63) is 6.07 Å². The van der Waals surface area contributed by atoms with Gasteiger partial charge in [-0.15, -0.1) is 4.73 Å². The van der Waals surface area contributed by atoms with Crippen molar-refractivity contribution in [2.75, 3.05) is 0 Å². The second-order valence-corrected chi connectivity index (χ2v) is 5.45. The standard InChI is InChI=1S/C9H9F3N2O8S/c1-3(13-8(18)9(10,11)12)7(17)22-14-5(15)2-4(6(14)16)23(19,20)21/h2-3,15-16H,1H3,(H,13,18)(H,19,20,21)/t3-/m0/s1. The highest BCUT2D eigenvalue weighted by Gasteiger charge is 2.40. The van der Waals surface area contributed by atoms with E-state index < -0.39 is 50.9 Å². The van der Waals surface area contributed by atoms with Crippen LogP contribution in [-0.4, -0.2) is 52.0 Å². The van der Waals surface area contributed by atoms with Gasteiger partial charge in [-0.1, -0.05) is 0 Å². The number of nitrogens with one attached hydrogen (secondary N) is 1. The van der Waals surface area contributed by atoms with Gasteiger partial charge in [0.15, 0.2) is 4.90 Å². The summed E-state index contributed by atoms with van der Waals surface area (Å²) >= 11 is 0. The number of carbonyl (C=O) groups excluding carboxylic acids is 2. The first-order valence-electron chi connectivity index (χ1n) is 5.46. The minimum absolute atomic E-state index is 0.165. The van der Waals surface area contributed by atoms with Crippen LogP contribution in [0.4, 0.5) is 13.2 Å². The molecule has 14 heteroatoms. The molecule has 0 aliphatic carbocycles. The van der Waals surface area contributed by atoms with Gasteiger partial charge in [0, 0.05) is 6.07 Å². The summed E-state index contributed by atoms with van der Waals surface area (Å²) in [5.74, 6) is -6.59. The summed E-state index contributed by atoms with van der Waals surface area (Å²) in [5.41, 5.74) is 0. The molecule has 23 heavy (non-hydrogen) atoms. The fraction of sp³-hybridized carbons (Fsp3) is 0.333. The van der Waals surface area contributed by atoms with Crippen molar-refractivity contribution >= 4 is 22.0 Å². The minimum Gasteiger partial charge on any atom is -0.492 e. The van der Waals surface area contributed by atoms with Crippen LogP contribution in [0, 0.1) is 0 Å². The van der Waals surface area contributed by atoms with Gasteiger partial charge in [-0.3, -0.25) is 9.35 Å². The molecule has 10 nitrogen and oxygen atoms in total. The molecular formula is C9H9F3N2O8S. The van der Waals surface area contributed by atoms with E-state index in [1.54, 1.807) is 0 Å².